The molecule has 14 heavy (non-hydrogen) atoms. The van der Waals surface area contributed by atoms with E-state index in [2.05, 4.69) is 0 Å². The van der Waals surface area contributed by atoms with Gasteiger partial charge >= 0.3 is 0 Å². The van der Waals surface area contributed by atoms with E-state index in [1.165, 1.54) is 6.07 Å². The first-order chi connectivity index (χ1) is 6.61. The lowest BCUT2D eigenvalue weighted by molar-refractivity contribution is 0.504. The molecule has 0 saturated heterocycles. The zero-order valence-electron chi connectivity index (χ0n) is 6.82. The fraction of sp³-hybridized carbons (Fsp3) is 0. The van der Waals surface area contributed by atoms with Gasteiger partial charge in [-0.1, -0.05) is 12.1 Å². The summed E-state index contributed by atoms with van der Waals surface area (Å²) in [5, 5.41) is -0.908. The number of halogens is 4. The predicted octanol–water partition coefficient (Wildman–Crippen LogP) is 3.40. The summed E-state index contributed by atoms with van der Waals surface area (Å²) in [6.07, 6.45) is 0. The van der Waals surface area contributed by atoms with E-state index in [9.17, 15) is 17.6 Å². The van der Waals surface area contributed by atoms with Crippen LogP contribution in [-0.2, 0) is 0 Å². The van der Waals surface area contributed by atoms with Gasteiger partial charge in [0.15, 0.2) is 11.6 Å². The van der Waals surface area contributed by atoms with Gasteiger partial charge in [-0.25, -0.2) is 17.6 Å². The van der Waals surface area contributed by atoms with E-state index < -0.39 is 28.7 Å². The average Bonchev–Trinajstić information content (AvgIpc) is 2.14. The van der Waals surface area contributed by atoms with E-state index in [0.29, 0.717) is 6.07 Å². The average molecular weight is 200 g/mol. The molecule has 0 aliphatic rings. The molecular formula is C10H4F4. The number of fused-ring (bicyclic) bond motifs is 1. The van der Waals surface area contributed by atoms with Gasteiger partial charge in [0, 0.05) is 11.5 Å². The summed E-state index contributed by atoms with van der Waals surface area (Å²) in [5.41, 5.74) is 0. The summed E-state index contributed by atoms with van der Waals surface area (Å²) in [4.78, 5) is 0. The molecule has 72 valence electrons. The fourth-order valence-corrected chi connectivity index (χ4v) is 1.33. The maximum Gasteiger partial charge on any atom is 0.166 e. The van der Waals surface area contributed by atoms with Crippen LogP contribution in [0, 0.1) is 23.3 Å². The second kappa shape index (κ2) is 2.97. The Hall–Kier alpha value is -1.58. The predicted molar refractivity (Wildman–Crippen MR) is 43.8 cm³/mol. The lowest BCUT2D eigenvalue weighted by atomic mass is 10.1. The molecule has 0 aliphatic heterocycles. The monoisotopic (exact) mass is 200 g/mol. The van der Waals surface area contributed by atoms with Gasteiger partial charge in [0.1, 0.15) is 11.6 Å². The molecule has 0 fully saturated rings. The lowest BCUT2D eigenvalue weighted by Crippen LogP contribution is -1.92. The number of benzene rings is 2. The van der Waals surface area contributed by atoms with Gasteiger partial charge in [-0.15, -0.1) is 0 Å². The zero-order chi connectivity index (χ0) is 10.3. The van der Waals surface area contributed by atoms with E-state index >= 15 is 0 Å². The van der Waals surface area contributed by atoms with Crippen LogP contribution in [0.4, 0.5) is 17.6 Å². The van der Waals surface area contributed by atoms with Crippen molar-refractivity contribution in [2.75, 3.05) is 0 Å². The van der Waals surface area contributed by atoms with Crippen LogP contribution in [0.25, 0.3) is 10.8 Å². The fourth-order valence-electron chi connectivity index (χ4n) is 1.33. The lowest BCUT2D eigenvalue weighted by Gasteiger charge is -2.02. The smallest absolute Gasteiger partial charge is 0.166 e. The first-order valence-corrected chi connectivity index (χ1v) is 3.83. The highest BCUT2D eigenvalue weighted by atomic mass is 19.2. The van der Waals surface area contributed by atoms with Crippen molar-refractivity contribution >= 4 is 10.8 Å². The largest absolute Gasteiger partial charge is 0.206 e. The summed E-state index contributed by atoms with van der Waals surface area (Å²) in [7, 11) is 0. The molecule has 0 aromatic heterocycles. The molecule has 0 radical (unpaired) electrons. The van der Waals surface area contributed by atoms with Gasteiger partial charge in [-0.3, -0.25) is 0 Å². The highest BCUT2D eigenvalue weighted by molar-refractivity contribution is 5.84. The molecule has 0 amide bonds. The third-order valence-electron chi connectivity index (χ3n) is 1.95. The van der Waals surface area contributed by atoms with Crippen molar-refractivity contribution in [3.8, 4) is 0 Å². The normalized spacial score (nSPS) is 10.9. The van der Waals surface area contributed by atoms with Gasteiger partial charge in [-0.05, 0) is 6.07 Å². The summed E-state index contributed by atoms with van der Waals surface area (Å²) in [6.45, 7) is 0. The summed E-state index contributed by atoms with van der Waals surface area (Å²) in [5.74, 6) is -4.56. The Labute approximate surface area is 76.8 Å². The minimum absolute atomic E-state index is 0.334. The van der Waals surface area contributed by atoms with Crippen LogP contribution in [0.5, 0.6) is 0 Å². The van der Waals surface area contributed by atoms with Gasteiger partial charge in [-0.2, -0.15) is 0 Å². The number of hydrogen-bond acceptors (Lipinski definition) is 0. The van der Waals surface area contributed by atoms with E-state index in [1.54, 1.807) is 0 Å². The third-order valence-corrected chi connectivity index (χ3v) is 1.95. The first-order valence-electron chi connectivity index (χ1n) is 3.83. The molecule has 0 heterocycles. The van der Waals surface area contributed by atoms with E-state index in [0.717, 1.165) is 12.1 Å². The Bertz CT molecular complexity index is 505. The van der Waals surface area contributed by atoms with Crippen molar-refractivity contribution in [3.63, 3.8) is 0 Å². The highest BCUT2D eigenvalue weighted by Gasteiger charge is 2.14. The molecule has 0 N–H and O–H groups in total. The van der Waals surface area contributed by atoms with Crippen LogP contribution in [-0.4, -0.2) is 0 Å². The van der Waals surface area contributed by atoms with Crippen molar-refractivity contribution in [1.82, 2.24) is 0 Å². The standard InChI is InChI=1S/C10H4F4/c11-6-3-1-2-5-9(6)7(12)4-8(13)10(5)14/h1-4H. The van der Waals surface area contributed by atoms with Crippen molar-refractivity contribution < 1.29 is 17.6 Å². The van der Waals surface area contributed by atoms with Gasteiger partial charge < -0.3 is 0 Å². The topological polar surface area (TPSA) is 0 Å². The van der Waals surface area contributed by atoms with Crippen molar-refractivity contribution in [2.24, 2.45) is 0 Å². The molecular weight excluding hydrogens is 196 g/mol. The molecule has 0 unspecified atom stereocenters. The number of hydrogen-bond donors (Lipinski definition) is 0. The first kappa shape index (κ1) is 8.99. The van der Waals surface area contributed by atoms with Crippen molar-refractivity contribution in [1.29, 1.82) is 0 Å². The van der Waals surface area contributed by atoms with Gasteiger partial charge in [0.25, 0.3) is 0 Å². The molecule has 2 aromatic carbocycles. The maximum absolute atomic E-state index is 13.0. The second-order valence-corrected chi connectivity index (χ2v) is 2.82. The van der Waals surface area contributed by atoms with Crippen LogP contribution in [0.1, 0.15) is 0 Å². The summed E-state index contributed by atoms with van der Waals surface area (Å²) in [6, 6.07) is 3.64. The molecule has 0 spiro atoms. The summed E-state index contributed by atoms with van der Waals surface area (Å²) >= 11 is 0. The Balaban J connectivity index is 3.02. The van der Waals surface area contributed by atoms with Crippen LogP contribution in [0.15, 0.2) is 24.3 Å². The van der Waals surface area contributed by atoms with Gasteiger partial charge in [0.2, 0.25) is 0 Å². The maximum atomic E-state index is 13.0. The van der Waals surface area contributed by atoms with Crippen molar-refractivity contribution in [3.05, 3.63) is 47.5 Å². The van der Waals surface area contributed by atoms with Crippen molar-refractivity contribution in [2.45, 2.75) is 0 Å². The summed E-state index contributed by atoms with van der Waals surface area (Å²) < 4.78 is 51.8. The quantitative estimate of drug-likeness (QED) is 0.451. The highest BCUT2D eigenvalue weighted by Crippen LogP contribution is 2.25. The minimum atomic E-state index is -1.32. The second-order valence-electron chi connectivity index (χ2n) is 2.82. The molecule has 0 saturated carbocycles. The van der Waals surface area contributed by atoms with Crippen LogP contribution in [0.2, 0.25) is 0 Å². The minimum Gasteiger partial charge on any atom is -0.206 e. The number of rotatable bonds is 0. The van der Waals surface area contributed by atoms with E-state index in [4.69, 9.17) is 0 Å². The van der Waals surface area contributed by atoms with E-state index in [-0.39, 0.29) is 5.39 Å². The molecule has 2 rings (SSSR count). The Morgan fingerprint density at radius 3 is 2.21 bits per heavy atom. The molecule has 0 bridgehead atoms. The molecule has 0 atom stereocenters. The molecule has 0 nitrogen and oxygen atoms in total. The van der Waals surface area contributed by atoms with Crippen LogP contribution < -0.4 is 0 Å². The zero-order valence-corrected chi connectivity index (χ0v) is 6.82. The Morgan fingerprint density at radius 1 is 0.786 bits per heavy atom. The van der Waals surface area contributed by atoms with Gasteiger partial charge in [0.05, 0.1) is 5.39 Å². The Morgan fingerprint density at radius 2 is 1.50 bits per heavy atom. The third kappa shape index (κ3) is 1.14. The molecule has 0 aliphatic carbocycles. The van der Waals surface area contributed by atoms with E-state index in [1.807, 2.05) is 0 Å². The Kier molecular flexibility index (Phi) is 1.91. The molecule has 2 aromatic rings. The molecule has 4 heteroatoms. The van der Waals surface area contributed by atoms with Crippen LogP contribution >= 0.6 is 0 Å². The SMILES string of the molecule is Fc1cc(F)c2c(F)cccc2c1F. The van der Waals surface area contributed by atoms with Crippen LogP contribution in [0.3, 0.4) is 0 Å².